The minimum atomic E-state index is -0.388. The Hall–Kier alpha value is -1.32. The van der Waals surface area contributed by atoms with Crippen LogP contribution in [0, 0.1) is 5.82 Å². The fourth-order valence-corrected chi connectivity index (χ4v) is 2.51. The molecule has 3 rings (SSSR count). The topological polar surface area (TPSA) is 13.1 Å². The third-order valence-corrected chi connectivity index (χ3v) is 3.50. The standard InChI is InChI=1S/C14H7BrClFO/c15-9-4-5-12-8(6-9)7-13(18-12)14-10(16)2-1-3-11(14)17/h1-7H. The molecular formula is C14H7BrClFO. The lowest BCUT2D eigenvalue weighted by atomic mass is 10.1. The number of furan rings is 1. The first-order chi connectivity index (χ1) is 8.65. The average Bonchev–Trinajstić information content (AvgIpc) is 2.71. The molecule has 2 aromatic carbocycles. The van der Waals surface area contributed by atoms with E-state index in [1.165, 1.54) is 6.07 Å². The second-order valence-corrected chi connectivity index (χ2v) is 5.21. The molecule has 0 fully saturated rings. The highest BCUT2D eigenvalue weighted by Crippen LogP contribution is 2.35. The van der Waals surface area contributed by atoms with Gasteiger partial charge in [-0.2, -0.15) is 0 Å². The molecule has 0 unspecified atom stereocenters. The van der Waals surface area contributed by atoms with Crippen LogP contribution in [-0.4, -0.2) is 0 Å². The van der Waals surface area contributed by atoms with Gasteiger partial charge in [0.05, 0.1) is 10.6 Å². The first kappa shape index (κ1) is 11.8. The van der Waals surface area contributed by atoms with Crippen LogP contribution in [0.25, 0.3) is 22.3 Å². The summed E-state index contributed by atoms with van der Waals surface area (Å²) in [6.45, 7) is 0. The van der Waals surface area contributed by atoms with E-state index in [9.17, 15) is 4.39 Å². The number of hydrogen-bond donors (Lipinski definition) is 0. The summed E-state index contributed by atoms with van der Waals surface area (Å²) in [5.41, 5.74) is 0.999. The summed E-state index contributed by atoms with van der Waals surface area (Å²) in [7, 11) is 0. The van der Waals surface area contributed by atoms with Gasteiger partial charge in [0.2, 0.25) is 0 Å². The highest BCUT2D eigenvalue weighted by atomic mass is 79.9. The maximum absolute atomic E-state index is 13.8. The van der Waals surface area contributed by atoms with Crippen molar-refractivity contribution < 1.29 is 8.81 Å². The highest BCUT2D eigenvalue weighted by molar-refractivity contribution is 9.10. The van der Waals surface area contributed by atoms with E-state index in [4.69, 9.17) is 16.0 Å². The summed E-state index contributed by atoms with van der Waals surface area (Å²) in [6, 6.07) is 12.0. The molecule has 0 atom stereocenters. The van der Waals surface area contributed by atoms with Crippen LogP contribution in [0.4, 0.5) is 4.39 Å². The molecule has 90 valence electrons. The molecule has 0 saturated heterocycles. The van der Waals surface area contributed by atoms with Gasteiger partial charge in [0.1, 0.15) is 17.2 Å². The van der Waals surface area contributed by atoms with E-state index in [2.05, 4.69) is 15.9 Å². The number of hydrogen-bond acceptors (Lipinski definition) is 1. The zero-order valence-electron chi connectivity index (χ0n) is 9.08. The average molecular weight is 326 g/mol. The van der Waals surface area contributed by atoms with Crippen LogP contribution in [0.5, 0.6) is 0 Å². The lowest BCUT2D eigenvalue weighted by Crippen LogP contribution is -1.82. The van der Waals surface area contributed by atoms with E-state index < -0.39 is 0 Å². The van der Waals surface area contributed by atoms with Gasteiger partial charge in [-0.3, -0.25) is 0 Å². The smallest absolute Gasteiger partial charge is 0.139 e. The lowest BCUT2D eigenvalue weighted by molar-refractivity contribution is 0.601. The van der Waals surface area contributed by atoms with Gasteiger partial charge in [0.25, 0.3) is 0 Å². The first-order valence-electron chi connectivity index (χ1n) is 5.28. The van der Waals surface area contributed by atoms with Gasteiger partial charge in [0, 0.05) is 9.86 Å². The van der Waals surface area contributed by atoms with E-state index >= 15 is 0 Å². The quantitative estimate of drug-likeness (QED) is 0.563. The molecule has 0 spiro atoms. The Bertz CT molecular complexity index is 715. The lowest BCUT2D eigenvalue weighted by Gasteiger charge is -2.01. The van der Waals surface area contributed by atoms with E-state index in [1.807, 2.05) is 18.2 Å². The summed E-state index contributed by atoms with van der Waals surface area (Å²) < 4.78 is 20.4. The van der Waals surface area contributed by atoms with E-state index in [0.29, 0.717) is 21.9 Å². The molecule has 0 radical (unpaired) electrons. The summed E-state index contributed by atoms with van der Waals surface area (Å²) in [5.74, 6) is 0.0480. The van der Waals surface area contributed by atoms with Crippen molar-refractivity contribution in [2.75, 3.05) is 0 Å². The van der Waals surface area contributed by atoms with Crippen LogP contribution in [0.3, 0.4) is 0 Å². The number of fused-ring (bicyclic) bond motifs is 1. The molecule has 0 saturated carbocycles. The minimum absolute atomic E-state index is 0.298. The number of benzene rings is 2. The van der Waals surface area contributed by atoms with Crippen LogP contribution in [-0.2, 0) is 0 Å². The van der Waals surface area contributed by atoms with Gasteiger partial charge in [-0.25, -0.2) is 4.39 Å². The molecule has 1 nitrogen and oxygen atoms in total. The van der Waals surface area contributed by atoms with Crippen molar-refractivity contribution in [3.63, 3.8) is 0 Å². The molecule has 0 aliphatic rings. The maximum atomic E-state index is 13.8. The SMILES string of the molecule is Fc1cccc(Cl)c1-c1cc2cc(Br)ccc2o1. The van der Waals surface area contributed by atoms with Crippen LogP contribution in [0.15, 0.2) is 51.4 Å². The van der Waals surface area contributed by atoms with E-state index in [1.54, 1.807) is 18.2 Å². The van der Waals surface area contributed by atoms with Crippen LogP contribution >= 0.6 is 27.5 Å². The van der Waals surface area contributed by atoms with Crippen LogP contribution in [0.2, 0.25) is 5.02 Å². The Kier molecular flexibility index (Phi) is 2.88. The first-order valence-corrected chi connectivity index (χ1v) is 6.46. The maximum Gasteiger partial charge on any atom is 0.139 e. The number of halogens is 3. The summed E-state index contributed by atoms with van der Waals surface area (Å²) >= 11 is 9.40. The third kappa shape index (κ3) is 1.93. The zero-order valence-corrected chi connectivity index (χ0v) is 11.4. The minimum Gasteiger partial charge on any atom is -0.456 e. The Morgan fingerprint density at radius 3 is 2.72 bits per heavy atom. The largest absolute Gasteiger partial charge is 0.456 e. The molecule has 0 aliphatic carbocycles. The third-order valence-electron chi connectivity index (χ3n) is 2.69. The van der Waals surface area contributed by atoms with Gasteiger partial charge in [-0.15, -0.1) is 0 Å². The fourth-order valence-electron chi connectivity index (χ4n) is 1.87. The molecule has 1 aromatic heterocycles. The molecule has 1 heterocycles. The Morgan fingerprint density at radius 1 is 1.11 bits per heavy atom. The van der Waals surface area contributed by atoms with Crippen molar-refractivity contribution in [2.24, 2.45) is 0 Å². The highest BCUT2D eigenvalue weighted by Gasteiger charge is 2.14. The fraction of sp³-hybridized carbons (Fsp3) is 0. The molecule has 3 aromatic rings. The monoisotopic (exact) mass is 324 g/mol. The number of rotatable bonds is 1. The van der Waals surface area contributed by atoms with Crippen molar-refractivity contribution >= 4 is 38.5 Å². The van der Waals surface area contributed by atoms with Crippen LogP contribution in [0.1, 0.15) is 0 Å². The van der Waals surface area contributed by atoms with E-state index in [-0.39, 0.29) is 5.82 Å². The van der Waals surface area contributed by atoms with Gasteiger partial charge in [0.15, 0.2) is 0 Å². The van der Waals surface area contributed by atoms with Crippen molar-refractivity contribution in [2.45, 2.75) is 0 Å². The Balaban J connectivity index is 2.26. The normalized spacial score (nSPS) is 11.1. The second-order valence-electron chi connectivity index (χ2n) is 3.89. The Morgan fingerprint density at radius 2 is 1.94 bits per heavy atom. The summed E-state index contributed by atoms with van der Waals surface area (Å²) in [6.07, 6.45) is 0. The van der Waals surface area contributed by atoms with Gasteiger partial charge < -0.3 is 4.42 Å². The van der Waals surface area contributed by atoms with Gasteiger partial charge in [-0.1, -0.05) is 33.6 Å². The van der Waals surface area contributed by atoms with Crippen molar-refractivity contribution in [3.8, 4) is 11.3 Å². The second kappa shape index (κ2) is 4.41. The van der Waals surface area contributed by atoms with Crippen molar-refractivity contribution in [1.29, 1.82) is 0 Å². The van der Waals surface area contributed by atoms with Gasteiger partial charge >= 0.3 is 0 Å². The molecule has 0 amide bonds. The predicted molar refractivity (Wildman–Crippen MR) is 74.3 cm³/mol. The zero-order chi connectivity index (χ0) is 12.7. The Labute approximate surface area is 116 Å². The van der Waals surface area contributed by atoms with Gasteiger partial charge in [-0.05, 0) is 36.4 Å². The summed E-state index contributed by atoms with van der Waals surface area (Å²) in [5, 5.41) is 1.24. The van der Waals surface area contributed by atoms with E-state index in [0.717, 1.165) is 9.86 Å². The molecular weight excluding hydrogens is 319 g/mol. The van der Waals surface area contributed by atoms with Crippen molar-refractivity contribution in [3.05, 3.63) is 57.8 Å². The molecule has 0 bridgehead atoms. The predicted octanol–water partition coefficient (Wildman–Crippen LogP) is 5.65. The summed E-state index contributed by atoms with van der Waals surface area (Å²) in [4.78, 5) is 0. The molecule has 18 heavy (non-hydrogen) atoms. The van der Waals surface area contributed by atoms with Crippen molar-refractivity contribution in [1.82, 2.24) is 0 Å². The molecule has 4 heteroatoms. The molecule has 0 aliphatic heterocycles. The molecule has 0 N–H and O–H groups in total. The van der Waals surface area contributed by atoms with Crippen LogP contribution < -0.4 is 0 Å².